The molecule has 1 aromatic carbocycles. The molecule has 0 saturated heterocycles. The van der Waals surface area contributed by atoms with Crippen LogP contribution in [0.5, 0.6) is 0 Å². The molecule has 1 amide bonds. The fourth-order valence-electron chi connectivity index (χ4n) is 1.25. The second-order valence-electron chi connectivity index (χ2n) is 4.03. The first kappa shape index (κ1) is 14.5. The minimum atomic E-state index is -0.560. The molecule has 0 spiro atoms. The van der Waals surface area contributed by atoms with E-state index in [4.69, 9.17) is 10.5 Å². The lowest BCUT2D eigenvalue weighted by atomic mass is 10.1. The SMILES string of the molecule is Cc1c(N)cc(Br)cc1C(=O)OCC(=O)N(C)C. The summed E-state index contributed by atoms with van der Waals surface area (Å²) >= 11 is 3.26. The summed E-state index contributed by atoms with van der Waals surface area (Å²) in [5, 5.41) is 0. The number of carbonyl (C=O) groups is 2. The third-order valence-corrected chi connectivity index (χ3v) is 2.92. The van der Waals surface area contributed by atoms with Gasteiger partial charge in [-0.25, -0.2) is 4.79 Å². The van der Waals surface area contributed by atoms with Gasteiger partial charge in [0.2, 0.25) is 0 Å². The maximum atomic E-state index is 11.8. The van der Waals surface area contributed by atoms with Crippen molar-refractivity contribution >= 4 is 33.5 Å². The Kier molecular flexibility index (Phi) is 4.72. The molecule has 0 atom stereocenters. The first-order valence-electron chi connectivity index (χ1n) is 5.25. The van der Waals surface area contributed by atoms with Gasteiger partial charge in [-0.1, -0.05) is 15.9 Å². The molecule has 0 aliphatic carbocycles. The molecule has 0 fully saturated rings. The third-order valence-electron chi connectivity index (χ3n) is 2.46. The van der Waals surface area contributed by atoms with Crippen LogP contribution in [-0.4, -0.2) is 37.5 Å². The van der Waals surface area contributed by atoms with E-state index in [1.807, 2.05) is 0 Å². The zero-order chi connectivity index (χ0) is 13.9. The van der Waals surface area contributed by atoms with Crippen LogP contribution >= 0.6 is 15.9 Å². The molecule has 0 heterocycles. The van der Waals surface area contributed by atoms with Crippen LogP contribution in [-0.2, 0) is 9.53 Å². The van der Waals surface area contributed by atoms with Gasteiger partial charge in [-0.15, -0.1) is 0 Å². The molecule has 0 unspecified atom stereocenters. The number of ether oxygens (including phenoxy) is 1. The molecule has 0 radical (unpaired) electrons. The maximum Gasteiger partial charge on any atom is 0.339 e. The summed E-state index contributed by atoms with van der Waals surface area (Å²) in [6.07, 6.45) is 0. The molecule has 1 aromatic rings. The number of halogens is 1. The predicted octanol–water partition coefficient (Wildman–Crippen LogP) is 1.58. The number of amides is 1. The Labute approximate surface area is 114 Å². The van der Waals surface area contributed by atoms with Gasteiger partial charge in [-0.2, -0.15) is 0 Å². The summed E-state index contributed by atoms with van der Waals surface area (Å²) in [5.74, 6) is -0.834. The van der Waals surface area contributed by atoms with E-state index >= 15 is 0 Å². The summed E-state index contributed by atoms with van der Waals surface area (Å²) in [7, 11) is 3.19. The highest BCUT2D eigenvalue weighted by atomic mass is 79.9. The Morgan fingerprint density at radius 3 is 2.56 bits per heavy atom. The van der Waals surface area contributed by atoms with Gasteiger partial charge < -0.3 is 15.4 Å². The van der Waals surface area contributed by atoms with Crippen LogP contribution < -0.4 is 5.73 Å². The fourth-order valence-corrected chi connectivity index (χ4v) is 1.72. The molecule has 0 aliphatic heterocycles. The normalized spacial score (nSPS) is 10.0. The van der Waals surface area contributed by atoms with Crippen molar-refractivity contribution < 1.29 is 14.3 Å². The van der Waals surface area contributed by atoms with Crippen LogP contribution in [0.1, 0.15) is 15.9 Å². The van der Waals surface area contributed by atoms with E-state index in [-0.39, 0.29) is 12.5 Å². The number of carbonyl (C=O) groups excluding carboxylic acids is 2. The molecular formula is C12H15BrN2O3. The van der Waals surface area contributed by atoms with Gasteiger partial charge in [0.25, 0.3) is 5.91 Å². The van der Waals surface area contributed by atoms with Crippen molar-refractivity contribution in [2.24, 2.45) is 0 Å². The molecule has 0 aliphatic rings. The lowest BCUT2D eigenvalue weighted by Gasteiger charge is -2.12. The van der Waals surface area contributed by atoms with Gasteiger partial charge in [-0.3, -0.25) is 4.79 Å². The number of likely N-dealkylation sites (N-methyl/N-ethyl adjacent to an activating group) is 1. The summed E-state index contributed by atoms with van der Waals surface area (Å²) in [5.41, 5.74) is 7.24. The zero-order valence-electron chi connectivity index (χ0n) is 10.5. The van der Waals surface area contributed by atoms with E-state index in [0.29, 0.717) is 21.3 Å². The number of nitrogen functional groups attached to an aromatic ring is 1. The number of benzene rings is 1. The van der Waals surface area contributed by atoms with Gasteiger partial charge in [-0.05, 0) is 24.6 Å². The summed E-state index contributed by atoms with van der Waals surface area (Å²) in [6.45, 7) is 1.45. The molecule has 18 heavy (non-hydrogen) atoms. The topological polar surface area (TPSA) is 72.6 Å². The smallest absolute Gasteiger partial charge is 0.339 e. The van der Waals surface area contributed by atoms with Crippen molar-refractivity contribution in [3.8, 4) is 0 Å². The number of hydrogen-bond acceptors (Lipinski definition) is 4. The lowest BCUT2D eigenvalue weighted by Crippen LogP contribution is -2.27. The van der Waals surface area contributed by atoms with Crippen molar-refractivity contribution in [2.45, 2.75) is 6.92 Å². The highest BCUT2D eigenvalue weighted by molar-refractivity contribution is 9.10. The standard InChI is InChI=1S/C12H15BrN2O3/c1-7-9(4-8(13)5-10(7)14)12(17)18-6-11(16)15(2)3/h4-5H,6,14H2,1-3H3. The molecule has 0 bridgehead atoms. The first-order chi connectivity index (χ1) is 8.32. The largest absolute Gasteiger partial charge is 0.452 e. The van der Waals surface area contributed by atoms with E-state index in [1.165, 1.54) is 4.90 Å². The number of nitrogens with two attached hydrogens (primary N) is 1. The van der Waals surface area contributed by atoms with Crippen molar-refractivity contribution in [3.05, 3.63) is 27.7 Å². The predicted molar refractivity (Wildman–Crippen MR) is 72.3 cm³/mol. The van der Waals surface area contributed by atoms with Crippen molar-refractivity contribution in [3.63, 3.8) is 0 Å². The van der Waals surface area contributed by atoms with Gasteiger partial charge in [0.15, 0.2) is 6.61 Å². The molecule has 5 nitrogen and oxygen atoms in total. The van der Waals surface area contributed by atoms with Crippen molar-refractivity contribution in [1.82, 2.24) is 4.90 Å². The molecule has 6 heteroatoms. The number of nitrogens with zero attached hydrogens (tertiary/aromatic N) is 1. The van der Waals surface area contributed by atoms with E-state index < -0.39 is 5.97 Å². The quantitative estimate of drug-likeness (QED) is 0.679. The highest BCUT2D eigenvalue weighted by Crippen LogP contribution is 2.23. The van der Waals surface area contributed by atoms with Gasteiger partial charge in [0.1, 0.15) is 0 Å². The van der Waals surface area contributed by atoms with Crippen LogP contribution in [0.3, 0.4) is 0 Å². The summed E-state index contributed by atoms with van der Waals surface area (Å²) in [4.78, 5) is 24.5. The van der Waals surface area contributed by atoms with Crippen molar-refractivity contribution in [1.29, 1.82) is 0 Å². The molecule has 0 saturated carbocycles. The second-order valence-corrected chi connectivity index (χ2v) is 4.95. The van der Waals surface area contributed by atoms with Crippen LogP contribution in [0.2, 0.25) is 0 Å². The molecule has 98 valence electrons. The van der Waals surface area contributed by atoms with Gasteiger partial charge in [0, 0.05) is 24.3 Å². The molecule has 1 rings (SSSR count). The Morgan fingerprint density at radius 1 is 1.39 bits per heavy atom. The Morgan fingerprint density at radius 2 is 2.00 bits per heavy atom. The first-order valence-corrected chi connectivity index (χ1v) is 6.05. The van der Waals surface area contributed by atoms with Gasteiger partial charge >= 0.3 is 5.97 Å². The van der Waals surface area contributed by atoms with Crippen LogP contribution in [0.4, 0.5) is 5.69 Å². The second kappa shape index (κ2) is 5.86. The number of anilines is 1. The third kappa shape index (κ3) is 3.46. The number of hydrogen-bond donors (Lipinski definition) is 1. The van der Waals surface area contributed by atoms with Crippen LogP contribution in [0.25, 0.3) is 0 Å². The number of rotatable bonds is 3. The fraction of sp³-hybridized carbons (Fsp3) is 0.333. The highest BCUT2D eigenvalue weighted by Gasteiger charge is 2.15. The number of esters is 1. The average molecular weight is 315 g/mol. The van der Waals surface area contributed by atoms with Crippen LogP contribution in [0.15, 0.2) is 16.6 Å². The molecular weight excluding hydrogens is 300 g/mol. The molecule has 0 aromatic heterocycles. The van der Waals surface area contributed by atoms with E-state index in [0.717, 1.165) is 0 Å². The van der Waals surface area contributed by atoms with Gasteiger partial charge in [0.05, 0.1) is 5.56 Å². The molecule has 2 N–H and O–H groups in total. The Balaban J connectivity index is 2.82. The van der Waals surface area contributed by atoms with E-state index in [2.05, 4.69) is 15.9 Å². The zero-order valence-corrected chi connectivity index (χ0v) is 12.1. The van der Waals surface area contributed by atoms with E-state index in [9.17, 15) is 9.59 Å². The lowest BCUT2D eigenvalue weighted by molar-refractivity contribution is -0.131. The van der Waals surface area contributed by atoms with Crippen molar-refractivity contribution in [2.75, 3.05) is 26.4 Å². The summed E-state index contributed by atoms with van der Waals surface area (Å²) < 4.78 is 5.63. The average Bonchev–Trinajstić information content (AvgIpc) is 2.29. The van der Waals surface area contributed by atoms with Crippen LogP contribution in [0, 0.1) is 6.92 Å². The maximum absolute atomic E-state index is 11.8. The van der Waals surface area contributed by atoms with E-state index in [1.54, 1.807) is 33.2 Å². The minimum Gasteiger partial charge on any atom is -0.452 e. The Bertz CT molecular complexity index is 486. The monoisotopic (exact) mass is 314 g/mol. The minimum absolute atomic E-state index is 0.274. The Hall–Kier alpha value is -1.56. The summed E-state index contributed by atoms with van der Waals surface area (Å²) in [6, 6.07) is 3.32.